The van der Waals surface area contributed by atoms with Gasteiger partial charge in [-0.25, -0.2) is 4.72 Å². The van der Waals surface area contributed by atoms with Gasteiger partial charge in [-0.15, -0.1) is 10.2 Å². The number of anilines is 1. The standard InChI is InChI=1S/C5H6N4O4S2/c1-3(11)7-4-8-9-5(14-4)15(12,13)6-2-10/h2H,1H3,(H,6,10)(H,7,8,11). The van der Waals surface area contributed by atoms with Gasteiger partial charge in [-0.1, -0.05) is 11.3 Å². The zero-order valence-corrected chi connectivity index (χ0v) is 9.05. The molecule has 8 nitrogen and oxygen atoms in total. The van der Waals surface area contributed by atoms with Crippen LogP contribution in [0, 0.1) is 0 Å². The Balaban J connectivity index is 2.93. The maximum atomic E-state index is 11.2. The minimum atomic E-state index is -3.95. The lowest BCUT2D eigenvalue weighted by Gasteiger charge is -1.94. The first-order valence-corrected chi connectivity index (χ1v) is 5.83. The Kier molecular flexibility index (Phi) is 3.31. The highest BCUT2D eigenvalue weighted by Gasteiger charge is 2.19. The molecule has 0 aliphatic heterocycles. The lowest BCUT2D eigenvalue weighted by Crippen LogP contribution is -2.21. The van der Waals surface area contributed by atoms with Crippen LogP contribution in [0.25, 0.3) is 0 Å². The molecule has 0 spiro atoms. The van der Waals surface area contributed by atoms with E-state index in [2.05, 4.69) is 15.5 Å². The Bertz CT molecular complexity index is 479. The molecule has 0 aromatic carbocycles. The Morgan fingerprint density at radius 2 is 2.13 bits per heavy atom. The van der Waals surface area contributed by atoms with Crippen LogP contribution in [0.4, 0.5) is 5.13 Å². The number of nitrogens with one attached hydrogen (secondary N) is 2. The van der Waals surface area contributed by atoms with E-state index in [1.54, 1.807) is 4.72 Å². The summed E-state index contributed by atoms with van der Waals surface area (Å²) in [7, 11) is -3.95. The summed E-state index contributed by atoms with van der Waals surface area (Å²) in [6.45, 7) is 1.25. The van der Waals surface area contributed by atoms with Crippen LogP contribution >= 0.6 is 11.3 Å². The summed E-state index contributed by atoms with van der Waals surface area (Å²) in [4.78, 5) is 20.6. The average Bonchev–Trinajstić information content (AvgIpc) is 2.51. The molecule has 0 radical (unpaired) electrons. The zero-order valence-electron chi connectivity index (χ0n) is 7.42. The molecule has 10 heteroatoms. The average molecular weight is 250 g/mol. The Morgan fingerprint density at radius 3 is 2.67 bits per heavy atom. The summed E-state index contributed by atoms with van der Waals surface area (Å²) in [6.07, 6.45) is 0.0226. The monoisotopic (exact) mass is 250 g/mol. The van der Waals surface area contributed by atoms with Crippen LogP contribution < -0.4 is 10.0 Å². The largest absolute Gasteiger partial charge is 0.301 e. The summed E-state index contributed by atoms with van der Waals surface area (Å²) < 4.78 is 23.6. The fraction of sp³-hybridized carbons (Fsp3) is 0.200. The van der Waals surface area contributed by atoms with Crippen molar-refractivity contribution in [3.8, 4) is 0 Å². The van der Waals surface area contributed by atoms with Crippen LogP contribution in [0.1, 0.15) is 6.92 Å². The molecule has 0 unspecified atom stereocenters. The number of sulfonamides is 1. The van der Waals surface area contributed by atoms with Crippen molar-refractivity contribution in [3.63, 3.8) is 0 Å². The fourth-order valence-corrected chi connectivity index (χ4v) is 2.35. The van der Waals surface area contributed by atoms with Crippen molar-refractivity contribution in [1.29, 1.82) is 0 Å². The van der Waals surface area contributed by atoms with Crippen LogP contribution in [0.3, 0.4) is 0 Å². The molecule has 1 aromatic rings. The highest BCUT2D eigenvalue weighted by molar-refractivity contribution is 7.92. The Hall–Kier alpha value is -1.55. The first-order valence-electron chi connectivity index (χ1n) is 3.53. The number of amides is 2. The van der Waals surface area contributed by atoms with Crippen LogP contribution in [0.15, 0.2) is 4.34 Å². The van der Waals surface area contributed by atoms with Crippen molar-refractivity contribution in [2.75, 3.05) is 5.32 Å². The second kappa shape index (κ2) is 4.31. The van der Waals surface area contributed by atoms with Gasteiger partial charge in [0.2, 0.25) is 17.4 Å². The van der Waals surface area contributed by atoms with Crippen molar-refractivity contribution in [2.24, 2.45) is 0 Å². The van der Waals surface area contributed by atoms with Gasteiger partial charge in [0.15, 0.2) is 0 Å². The molecule has 0 aliphatic rings. The van der Waals surface area contributed by atoms with Gasteiger partial charge in [0.25, 0.3) is 14.4 Å². The number of hydrogen-bond acceptors (Lipinski definition) is 7. The molecule has 2 amide bonds. The van der Waals surface area contributed by atoms with Crippen molar-refractivity contribution in [1.82, 2.24) is 14.9 Å². The van der Waals surface area contributed by atoms with Crippen LogP contribution in [0.2, 0.25) is 0 Å². The molecule has 15 heavy (non-hydrogen) atoms. The molecule has 0 saturated heterocycles. The van der Waals surface area contributed by atoms with E-state index < -0.39 is 20.3 Å². The number of carbonyl (C=O) groups is 2. The molecule has 1 heterocycles. The molecule has 0 aliphatic carbocycles. The molecular formula is C5H6N4O4S2. The third-order valence-corrected chi connectivity index (χ3v) is 3.61. The van der Waals surface area contributed by atoms with E-state index in [-0.39, 0.29) is 11.5 Å². The van der Waals surface area contributed by atoms with E-state index in [9.17, 15) is 18.0 Å². The van der Waals surface area contributed by atoms with Gasteiger partial charge in [-0.2, -0.15) is 8.42 Å². The van der Waals surface area contributed by atoms with Crippen molar-refractivity contribution in [2.45, 2.75) is 11.3 Å². The molecular weight excluding hydrogens is 244 g/mol. The number of aromatic nitrogens is 2. The normalized spacial score (nSPS) is 10.7. The van der Waals surface area contributed by atoms with Crippen LogP contribution in [-0.2, 0) is 19.6 Å². The molecule has 1 rings (SSSR count). The molecule has 0 saturated carbocycles. The van der Waals surface area contributed by atoms with Crippen LogP contribution in [-0.4, -0.2) is 30.9 Å². The number of hydrogen-bond donors (Lipinski definition) is 2. The van der Waals surface area contributed by atoms with Gasteiger partial charge >= 0.3 is 0 Å². The van der Waals surface area contributed by atoms with E-state index in [0.717, 1.165) is 0 Å². The number of nitrogens with zero attached hydrogens (tertiary/aromatic N) is 2. The van der Waals surface area contributed by atoms with Gasteiger partial charge in [0, 0.05) is 6.92 Å². The maximum absolute atomic E-state index is 11.2. The third kappa shape index (κ3) is 2.95. The van der Waals surface area contributed by atoms with E-state index >= 15 is 0 Å². The quantitative estimate of drug-likeness (QED) is 0.519. The smallest absolute Gasteiger partial charge is 0.293 e. The van der Waals surface area contributed by atoms with E-state index in [4.69, 9.17) is 0 Å². The maximum Gasteiger partial charge on any atom is 0.293 e. The third-order valence-electron chi connectivity index (χ3n) is 1.12. The van der Waals surface area contributed by atoms with Gasteiger partial charge in [0.05, 0.1) is 0 Å². The topological polar surface area (TPSA) is 118 Å². The Labute approximate surface area is 88.8 Å². The highest BCUT2D eigenvalue weighted by Crippen LogP contribution is 2.18. The van der Waals surface area contributed by atoms with Crippen molar-refractivity contribution >= 4 is 38.8 Å². The summed E-state index contributed by atoms with van der Waals surface area (Å²) in [5.74, 6) is -0.390. The molecule has 1 aromatic heterocycles. The predicted molar refractivity (Wildman–Crippen MR) is 50.6 cm³/mol. The SMILES string of the molecule is CC(=O)Nc1nnc(S(=O)(=O)NC=O)s1. The summed E-state index contributed by atoms with van der Waals surface area (Å²) in [6, 6.07) is 0. The second-order valence-corrected chi connectivity index (χ2v) is 5.16. The summed E-state index contributed by atoms with van der Waals surface area (Å²) in [5, 5.41) is 9.02. The first kappa shape index (κ1) is 11.5. The predicted octanol–water partition coefficient (Wildman–Crippen LogP) is -1.07. The molecule has 82 valence electrons. The van der Waals surface area contributed by atoms with Gasteiger partial charge in [-0.05, 0) is 0 Å². The minimum absolute atomic E-state index is 0.0226. The van der Waals surface area contributed by atoms with Gasteiger partial charge < -0.3 is 5.32 Å². The molecule has 0 atom stereocenters. The second-order valence-electron chi connectivity index (χ2n) is 2.29. The van der Waals surface area contributed by atoms with Crippen molar-refractivity contribution in [3.05, 3.63) is 0 Å². The minimum Gasteiger partial charge on any atom is -0.301 e. The van der Waals surface area contributed by atoms with Gasteiger partial charge in [-0.3, -0.25) is 9.59 Å². The number of rotatable bonds is 4. The van der Waals surface area contributed by atoms with Crippen LogP contribution in [0.5, 0.6) is 0 Å². The Morgan fingerprint density at radius 1 is 1.47 bits per heavy atom. The van der Waals surface area contributed by atoms with E-state index in [1.165, 1.54) is 6.92 Å². The number of carbonyl (C=O) groups excluding carboxylic acids is 2. The fourth-order valence-electron chi connectivity index (χ4n) is 0.633. The lowest BCUT2D eigenvalue weighted by molar-refractivity contribution is -0.114. The van der Waals surface area contributed by atoms with Gasteiger partial charge in [0.1, 0.15) is 0 Å². The lowest BCUT2D eigenvalue weighted by atomic mass is 10.7. The molecule has 0 fully saturated rings. The van der Waals surface area contributed by atoms with Crippen molar-refractivity contribution < 1.29 is 18.0 Å². The summed E-state index contributed by atoms with van der Waals surface area (Å²) >= 11 is 0.645. The van der Waals surface area contributed by atoms with E-state index in [0.29, 0.717) is 11.3 Å². The highest BCUT2D eigenvalue weighted by atomic mass is 32.2. The van der Waals surface area contributed by atoms with E-state index in [1.807, 2.05) is 0 Å². The summed E-state index contributed by atoms with van der Waals surface area (Å²) in [5.41, 5.74) is 0. The zero-order chi connectivity index (χ0) is 11.5. The first-order chi connectivity index (χ1) is 6.95. The molecule has 2 N–H and O–H groups in total. The molecule has 0 bridgehead atoms.